The lowest BCUT2D eigenvalue weighted by molar-refractivity contribution is -0.140. The number of alkyl halides is 3. The van der Waals surface area contributed by atoms with Gasteiger partial charge in [0.05, 0.1) is 5.56 Å². The lowest BCUT2D eigenvalue weighted by Gasteiger charge is -2.28. The zero-order valence-electron chi connectivity index (χ0n) is 9.90. The minimum absolute atomic E-state index is 0.284. The second kappa shape index (κ2) is 4.29. The Hall–Kier alpha value is -1.10. The summed E-state index contributed by atoms with van der Waals surface area (Å²) in [7, 11) is 0. The highest BCUT2D eigenvalue weighted by molar-refractivity contribution is 5.30. The summed E-state index contributed by atoms with van der Waals surface area (Å²) in [5.74, 6) is -1.28. The first kappa shape index (κ1) is 14.0. The Kier molecular flexibility index (Phi) is 3.52. The van der Waals surface area contributed by atoms with Gasteiger partial charge in [-0.25, -0.2) is 4.39 Å². The summed E-state index contributed by atoms with van der Waals surface area (Å²) < 4.78 is 50.6. The smallest absolute Gasteiger partial charge is 0.324 e. The average molecular weight is 249 g/mol. The molecule has 0 amide bonds. The molecule has 1 rings (SSSR count). The molecule has 0 spiro atoms. The number of nitrogens with two attached hydrogens (primary N) is 1. The molecule has 2 N–H and O–H groups in total. The molecule has 1 aromatic rings. The first-order valence-electron chi connectivity index (χ1n) is 5.15. The number of hydrogen-bond acceptors (Lipinski definition) is 1. The van der Waals surface area contributed by atoms with Gasteiger partial charge in [0.25, 0.3) is 0 Å². The van der Waals surface area contributed by atoms with Crippen LogP contribution < -0.4 is 5.73 Å². The van der Waals surface area contributed by atoms with Crippen molar-refractivity contribution in [1.82, 2.24) is 0 Å². The third-order valence-electron chi connectivity index (χ3n) is 2.59. The lowest BCUT2D eigenvalue weighted by atomic mass is 9.82. The molecule has 1 atom stereocenters. The van der Waals surface area contributed by atoms with Gasteiger partial charge in [-0.3, -0.25) is 0 Å². The largest absolute Gasteiger partial charge is 0.419 e. The molecule has 96 valence electrons. The molecule has 0 radical (unpaired) electrons. The molecule has 0 aliphatic rings. The zero-order chi connectivity index (χ0) is 13.4. The predicted octanol–water partition coefficient (Wildman–Crippen LogP) is 3.89. The molecule has 0 saturated carbocycles. The first-order chi connectivity index (χ1) is 7.53. The van der Waals surface area contributed by atoms with Crippen molar-refractivity contribution in [2.75, 3.05) is 0 Å². The first-order valence-corrected chi connectivity index (χ1v) is 5.15. The molecule has 0 saturated heterocycles. The van der Waals surface area contributed by atoms with Gasteiger partial charge in [-0.05, 0) is 23.1 Å². The highest BCUT2D eigenvalue weighted by Crippen LogP contribution is 2.36. The van der Waals surface area contributed by atoms with Gasteiger partial charge in [-0.2, -0.15) is 13.2 Å². The maximum atomic E-state index is 13.1. The van der Waals surface area contributed by atoms with E-state index in [0.717, 1.165) is 12.1 Å². The van der Waals surface area contributed by atoms with Crippen LogP contribution in [0.15, 0.2) is 18.2 Å². The zero-order valence-corrected chi connectivity index (χ0v) is 9.90. The third kappa shape index (κ3) is 3.19. The molecule has 0 aliphatic heterocycles. The minimum Gasteiger partial charge on any atom is -0.324 e. The molecule has 17 heavy (non-hydrogen) atoms. The molecule has 0 bridgehead atoms. The highest BCUT2D eigenvalue weighted by Gasteiger charge is 2.35. The van der Waals surface area contributed by atoms with Crippen LogP contribution in [0.4, 0.5) is 17.6 Å². The fourth-order valence-corrected chi connectivity index (χ4v) is 1.45. The summed E-state index contributed by atoms with van der Waals surface area (Å²) in [6.07, 6.45) is -4.70. The quantitative estimate of drug-likeness (QED) is 0.751. The Morgan fingerprint density at radius 3 is 2.06 bits per heavy atom. The van der Waals surface area contributed by atoms with Crippen molar-refractivity contribution in [3.63, 3.8) is 0 Å². The fourth-order valence-electron chi connectivity index (χ4n) is 1.45. The van der Waals surface area contributed by atoms with Crippen molar-refractivity contribution in [2.45, 2.75) is 33.0 Å². The second-order valence-electron chi connectivity index (χ2n) is 5.08. The molecule has 5 heteroatoms. The number of halogens is 4. The Morgan fingerprint density at radius 2 is 1.65 bits per heavy atom. The van der Waals surface area contributed by atoms with Gasteiger partial charge in [-0.15, -0.1) is 0 Å². The van der Waals surface area contributed by atoms with Gasteiger partial charge < -0.3 is 5.73 Å². The topological polar surface area (TPSA) is 26.0 Å². The van der Waals surface area contributed by atoms with Gasteiger partial charge in [-0.1, -0.05) is 26.8 Å². The number of rotatable bonds is 1. The van der Waals surface area contributed by atoms with E-state index in [4.69, 9.17) is 5.73 Å². The van der Waals surface area contributed by atoms with Crippen LogP contribution in [0.25, 0.3) is 0 Å². The number of benzene rings is 1. The van der Waals surface area contributed by atoms with Crippen LogP contribution in [0.2, 0.25) is 0 Å². The fraction of sp³-hybridized carbons (Fsp3) is 0.500. The van der Waals surface area contributed by atoms with E-state index in [1.165, 1.54) is 6.07 Å². The van der Waals surface area contributed by atoms with Crippen molar-refractivity contribution < 1.29 is 17.6 Å². The molecule has 1 aromatic carbocycles. The normalized spacial score (nSPS) is 14.8. The van der Waals surface area contributed by atoms with Gasteiger partial charge >= 0.3 is 6.18 Å². The Morgan fingerprint density at radius 1 is 1.12 bits per heavy atom. The van der Waals surface area contributed by atoms with E-state index < -0.39 is 23.6 Å². The lowest BCUT2D eigenvalue weighted by Crippen LogP contribution is -2.26. The summed E-state index contributed by atoms with van der Waals surface area (Å²) >= 11 is 0. The van der Waals surface area contributed by atoms with E-state index in [2.05, 4.69) is 0 Å². The van der Waals surface area contributed by atoms with Gasteiger partial charge in [0, 0.05) is 6.04 Å². The van der Waals surface area contributed by atoms with E-state index in [-0.39, 0.29) is 11.0 Å². The van der Waals surface area contributed by atoms with Crippen molar-refractivity contribution in [3.05, 3.63) is 35.1 Å². The molecule has 0 heterocycles. The summed E-state index contributed by atoms with van der Waals surface area (Å²) in [4.78, 5) is 0. The third-order valence-corrected chi connectivity index (χ3v) is 2.59. The van der Waals surface area contributed by atoms with Crippen LogP contribution in [-0.2, 0) is 6.18 Å². The Bertz CT molecular complexity index is 404. The van der Waals surface area contributed by atoms with Crippen molar-refractivity contribution in [2.24, 2.45) is 11.1 Å². The maximum Gasteiger partial charge on any atom is 0.419 e. The maximum absolute atomic E-state index is 13.1. The molecule has 0 aliphatic carbocycles. The van der Waals surface area contributed by atoms with Crippen LogP contribution >= 0.6 is 0 Å². The van der Waals surface area contributed by atoms with Crippen molar-refractivity contribution in [1.29, 1.82) is 0 Å². The van der Waals surface area contributed by atoms with E-state index in [0.29, 0.717) is 0 Å². The predicted molar refractivity (Wildman–Crippen MR) is 57.8 cm³/mol. The summed E-state index contributed by atoms with van der Waals surface area (Å²) in [5, 5.41) is 0. The van der Waals surface area contributed by atoms with E-state index in [1.807, 2.05) is 20.8 Å². The number of hydrogen-bond donors (Lipinski definition) is 1. The van der Waals surface area contributed by atoms with E-state index in [1.54, 1.807) is 0 Å². The SMILES string of the molecule is CC(C)(C)[C@H](N)c1ccc(F)c(C(F)(F)F)c1. The molecular formula is C12H15F4N. The highest BCUT2D eigenvalue weighted by atomic mass is 19.4. The molecule has 1 nitrogen and oxygen atoms in total. The minimum atomic E-state index is -4.70. The van der Waals surface area contributed by atoms with Gasteiger partial charge in [0.15, 0.2) is 0 Å². The average Bonchev–Trinajstić information content (AvgIpc) is 2.14. The summed E-state index contributed by atoms with van der Waals surface area (Å²) in [5.41, 5.74) is 4.47. The van der Waals surface area contributed by atoms with Crippen LogP contribution in [-0.4, -0.2) is 0 Å². The van der Waals surface area contributed by atoms with Crippen molar-refractivity contribution in [3.8, 4) is 0 Å². The summed E-state index contributed by atoms with van der Waals surface area (Å²) in [6, 6.07) is 2.30. The van der Waals surface area contributed by atoms with Gasteiger partial charge in [0.2, 0.25) is 0 Å². The van der Waals surface area contributed by atoms with Crippen molar-refractivity contribution >= 4 is 0 Å². The standard InChI is InChI=1S/C12H15F4N/c1-11(2,3)10(17)7-4-5-9(13)8(6-7)12(14,15)16/h4-6,10H,17H2,1-3H3/t10-/m1/s1. The van der Waals surface area contributed by atoms with E-state index >= 15 is 0 Å². The van der Waals surface area contributed by atoms with Crippen LogP contribution in [0.5, 0.6) is 0 Å². The second-order valence-corrected chi connectivity index (χ2v) is 5.08. The van der Waals surface area contributed by atoms with Crippen LogP contribution in [0.3, 0.4) is 0 Å². The Balaban J connectivity index is 3.23. The van der Waals surface area contributed by atoms with Crippen LogP contribution in [0, 0.1) is 11.2 Å². The summed E-state index contributed by atoms with van der Waals surface area (Å²) in [6.45, 7) is 5.44. The molecule has 0 unspecified atom stereocenters. The van der Waals surface area contributed by atoms with E-state index in [9.17, 15) is 17.6 Å². The van der Waals surface area contributed by atoms with Crippen LogP contribution in [0.1, 0.15) is 37.9 Å². The monoisotopic (exact) mass is 249 g/mol. The molecule has 0 fully saturated rings. The van der Waals surface area contributed by atoms with Gasteiger partial charge in [0.1, 0.15) is 5.82 Å². The Labute approximate surface area is 97.6 Å². The molecular weight excluding hydrogens is 234 g/mol. The molecule has 0 aromatic heterocycles.